The molecule has 2 N–H and O–H groups in total. The van der Waals surface area contributed by atoms with Crippen molar-refractivity contribution in [2.24, 2.45) is 0 Å². The highest BCUT2D eigenvalue weighted by molar-refractivity contribution is 5.95. The van der Waals surface area contributed by atoms with Crippen LogP contribution in [0.3, 0.4) is 0 Å². The summed E-state index contributed by atoms with van der Waals surface area (Å²) >= 11 is 0. The van der Waals surface area contributed by atoms with Crippen LogP contribution >= 0.6 is 0 Å². The Balaban J connectivity index is 1.61. The molecule has 0 saturated carbocycles. The highest BCUT2D eigenvalue weighted by atomic mass is 19.1. The van der Waals surface area contributed by atoms with E-state index in [1.54, 1.807) is 6.07 Å². The molecule has 24 heavy (non-hydrogen) atoms. The minimum Gasteiger partial charge on any atom is -0.273 e. The van der Waals surface area contributed by atoms with Crippen LogP contribution in [0.15, 0.2) is 66.7 Å². The lowest BCUT2D eigenvalue weighted by Gasteiger charge is -2.08. The van der Waals surface area contributed by atoms with Gasteiger partial charge < -0.3 is 0 Å². The first kappa shape index (κ1) is 15.7. The van der Waals surface area contributed by atoms with Crippen molar-refractivity contribution in [3.05, 3.63) is 83.7 Å². The normalized spacial score (nSPS) is 10.4. The molecular weight excluding hydrogens is 307 g/mol. The van der Waals surface area contributed by atoms with Crippen LogP contribution in [0.4, 0.5) is 4.39 Å². The third-order valence-corrected chi connectivity index (χ3v) is 3.61. The number of hydrogen-bond acceptors (Lipinski definition) is 2. The van der Waals surface area contributed by atoms with Crippen LogP contribution in [-0.2, 0) is 11.2 Å². The second-order valence-electron chi connectivity index (χ2n) is 5.34. The number of fused-ring (bicyclic) bond motifs is 1. The van der Waals surface area contributed by atoms with Crippen LogP contribution in [0.25, 0.3) is 10.8 Å². The van der Waals surface area contributed by atoms with Gasteiger partial charge in [-0.25, -0.2) is 4.39 Å². The summed E-state index contributed by atoms with van der Waals surface area (Å²) in [6, 6.07) is 19.1. The monoisotopic (exact) mass is 322 g/mol. The van der Waals surface area contributed by atoms with Gasteiger partial charge in [-0.05, 0) is 28.5 Å². The van der Waals surface area contributed by atoms with E-state index in [0.717, 1.165) is 16.3 Å². The first-order valence-corrected chi connectivity index (χ1v) is 7.45. The van der Waals surface area contributed by atoms with Crippen LogP contribution in [0.5, 0.6) is 0 Å². The van der Waals surface area contributed by atoms with Gasteiger partial charge in [0.1, 0.15) is 5.82 Å². The lowest BCUT2D eigenvalue weighted by Crippen LogP contribution is -2.42. The lowest BCUT2D eigenvalue weighted by atomic mass is 10.1. The molecule has 2 amide bonds. The van der Waals surface area contributed by atoms with E-state index in [1.165, 1.54) is 18.2 Å². The second kappa shape index (κ2) is 6.91. The highest BCUT2D eigenvalue weighted by Gasteiger charge is 2.11. The molecule has 3 aromatic rings. The topological polar surface area (TPSA) is 58.2 Å². The number of halogens is 1. The number of hydrazine groups is 1. The zero-order valence-electron chi connectivity index (χ0n) is 12.8. The average molecular weight is 322 g/mol. The summed E-state index contributed by atoms with van der Waals surface area (Å²) < 4.78 is 13.5. The van der Waals surface area contributed by atoms with E-state index in [0.29, 0.717) is 0 Å². The van der Waals surface area contributed by atoms with E-state index >= 15 is 0 Å². The summed E-state index contributed by atoms with van der Waals surface area (Å²) in [5.41, 5.74) is 5.22. The van der Waals surface area contributed by atoms with Crippen LogP contribution in [-0.4, -0.2) is 11.8 Å². The molecule has 0 heterocycles. The molecule has 0 radical (unpaired) electrons. The fraction of sp³-hybridized carbons (Fsp3) is 0.0526. The fourth-order valence-electron chi connectivity index (χ4n) is 2.42. The van der Waals surface area contributed by atoms with Gasteiger partial charge >= 0.3 is 0 Å². The van der Waals surface area contributed by atoms with Crippen molar-refractivity contribution in [1.82, 2.24) is 10.9 Å². The largest absolute Gasteiger partial charge is 0.273 e. The number of benzene rings is 3. The van der Waals surface area contributed by atoms with Crippen molar-refractivity contribution in [3.8, 4) is 0 Å². The molecule has 4 nitrogen and oxygen atoms in total. The van der Waals surface area contributed by atoms with Gasteiger partial charge in [0.05, 0.1) is 12.0 Å². The predicted molar refractivity (Wildman–Crippen MR) is 89.7 cm³/mol. The maximum Gasteiger partial charge on any atom is 0.272 e. The third kappa shape index (κ3) is 3.57. The Bertz CT molecular complexity index is 909. The molecule has 0 aromatic heterocycles. The van der Waals surface area contributed by atoms with Gasteiger partial charge in [0.2, 0.25) is 5.91 Å². The number of carbonyl (C=O) groups is 2. The first-order chi connectivity index (χ1) is 11.6. The van der Waals surface area contributed by atoms with Gasteiger partial charge in [-0.2, -0.15) is 0 Å². The molecule has 120 valence electrons. The van der Waals surface area contributed by atoms with Crippen molar-refractivity contribution in [2.45, 2.75) is 6.42 Å². The number of hydrogen-bond donors (Lipinski definition) is 2. The van der Waals surface area contributed by atoms with Crippen LogP contribution in [0, 0.1) is 5.82 Å². The Kier molecular flexibility index (Phi) is 4.52. The van der Waals surface area contributed by atoms with E-state index < -0.39 is 11.7 Å². The minimum absolute atomic E-state index is 0.113. The molecule has 0 fully saturated rings. The molecule has 3 aromatic carbocycles. The van der Waals surface area contributed by atoms with Crippen LogP contribution in [0.2, 0.25) is 0 Å². The SMILES string of the molecule is O=C(Cc1ccc2ccccc2c1)NNC(=O)c1ccccc1F. The summed E-state index contributed by atoms with van der Waals surface area (Å²) in [6.45, 7) is 0. The Morgan fingerprint density at radius 2 is 1.54 bits per heavy atom. The molecule has 5 heteroatoms. The molecule has 0 atom stereocenters. The maximum absolute atomic E-state index is 13.5. The highest BCUT2D eigenvalue weighted by Crippen LogP contribution is 2.15. The molecule has 0 spiro atoms. The molecule has 0 bridgehead atoms. The number of carbonyl (C=O) groups excluding carboxylic acids is 2. The van der Waals surface area contributed by atoms with Gasteiger partial charge in [-0.1, -0.05) is 54.6 Å². The third-order valence-electron chi connectivity index (χ3n) is 3.61. The van der Waals surface area contributed by atoms with Crippen molar-refractivity contribution in [2.75, 3.05) is 0 Å². The number of rotatable bonds is 3. The average Bonchev–Trinajstić information content (AvgIpc) is 2.60. The maximum atomic E-state index is 13.5. The number of amides is 2. The van der Waals surface area contributed by atoms with Crippen LogP contribution in [0.1, 0.15) is 15.9 Å². The van der Waals surface area contributed by atoms with Crippen molar-refractivity contribution < 1.29 is 14.0 Å². The summed E-state index contributed by atoms with van der Waals surface area (Å²) in [5, 5.41) is 2.13. The van der Waals surface area contributed by atoms with E-state index in [2.05, 4.69) is 10.9 Å². The lowest BCUT2D eigenvalue weighted by molar-refractivity contribution is -0.121. The molecule has 0 saturated heterocycles. The smallest absolute Gasteiger partial charge is 0.272 e. The first-order valence-electron chi connectivity index (χ1n) is 7.45. The van der Waals surface area contributed by atoms with E-state index in [1.807, 2.05) is 42.5 Å². The quantitative estimate of drug-likeness (QED) is 0.728. The van der Waals surface area contributed by atoms with E-state index in [4.69, 9.17) is 0 Å². The fourth-order valence-corrected chi connectivity index (χ4v) is 2.42. The Morgan fingerprint density at radius 1 is 0.833 bits per heavy atom. The summed E-state index contributed by atoms with van der Waals surface area (Å²) in [4.78, 5) is 23.8. The molecular formula is C19H15FN2O2. The zero-order chi connectivity index (χ0) is 16.9. The van der Waals surface area contributed by atoms with Crippen molar-refractivity contribution in [1.29, 1.82) is 0 Å². The van der Waals surface area contributed by atoms with E-state index in [9.17, 15) is 14.0 Å². The summed E-state index contributed by atoms with van der Waals surface area (Å²) in [7, 11) is 0. The molecule has 3 rings (SSSR count). The minimum atomic E-state index is -0.694. The van der Waals surface area contributed by atoms with Crippen molar-refractivity contribution >= 4 is 22.6 Å². The van der Waals surface area contributed by atoms with E-state index in [-0.39, 0.29) is 17.9 Å². The number of nitrogens with one attached hydrogen (secondary N) is 2. The second-order valence-corrected chi connectivity index (χ2v) is 5.34. The molecule has 0 aliphatic carbocycles. The predicted octanol–water partition coefficient (Wildman–Crippen LogP) is 2.98. The molecule has 0 aliphatic rings. The molecule has 0 unspecified atom stereocenters. The van der Waals surface area contributed by atoms with Gasteiger partial charge in [0.25, 0.3) is 5.91 Å². The zero-order valence-corrected chi connectivity index (χ0v) is 12.8. The van der Waals surface area contributed by atoms with Gasteiger partial charge in [0.15, 0.2) is 0 Å². The standard InChI is InChI=1S/C19H15FN2O2/c20-17-8-4-3-7-16(17)19(24)22-21-18(23)12-13-9-10-14-5-1-2-6-15(14)11-13/h1-11H,12H2,(H,21,23)(H,22,24). The molecule has 0 aliphatic heterocycles. The van der Waals surface area contributed by atoms with Gasteiger partial charge in [0, 0.05) is 0 Å². The van der Waals surface area contributed by atoms with Crippen LogP contribution < -0.4 is 10.9 Å². The Labute approximate surface area is 138 Å². The Hall–Kier alpha value is -3.21. The van der Waals surface area contributed by atoms with Crippen molar-refractivity contribution in [3.63, 3.8) is 0 Å². The van der Waals surface area contributed by atoms with Gasteiger partial charge in [-0.15, -0.1) is 0 Å². The summed E-state index contributed by atoms with van der Waals surface area (Å²) in [5.74, 6) is -1.71. The van der Waals surface area contributed by atoms with Gasteiger partial charge in [-0.3, -0.25) is 20.4 Å². The summed E-state index contributed by atoms with van der Waals surface area (Å²) in [6.07, 6.45) is 0.113. The Morgan fingerprint density at radius 3 is 2.33 bits per heavy atom.